The molecule has 2 aliphatic carbocycles. The Bertz CT molecular complexity index is 133. The van der Waals surface area contributed by atoms with Crippen LogP contribution in [0.3, 0.4) is 0 Å². The van der Waals surface area contributed by atoms with Crippen molar-refractivity contribution in [1.29, 1.82) is 0 Å². The van der Waals surface area contributed by atoms with Crippen LogP contribution in [-0.4, -0.2) is 5.78 Å². The van der Waals surface area contributed by atoms with Gasteiger partial charge in [0, 0.05) is 12.3 Å². The molecule has 0 radical (unpaired) electrons. The van der Waals surface area contributed by atoms with E-state index in [-0.39, 0.29) is 4.70 Å². The Morgan fingerprint density at radius 1 is 1.33 bits per heavy atom. The Labute approximate surface area is 53.8 Å². The van der Waals surface area contributed by atoms with Crippen LogP contribution >= 0.6 is 0 Å². The molecule has 2 fully saturated rings. The van der Waals surface area contributed by atoms with Crippen LogP contribution in [0.2, 0.25) is 0 Å². The van der Waals surface area contributed by atoms with Gasteiger partial charge in [0.05, 0.1) is 0 Å². The van der Waals surface area contributed by atoms with Gasteiger partial charge in [-0.3, -0.25) is 9.50 Å². The molecule has 2 heteroatoms. The third-order valence-electron chi connectivity index (χ3n) is 2.54. The molecule has 2 rings (SSSR count). The third-order valence-corrected chi connectivity index (χ3v) is 2.54. The molecule has 0 N–H and O–H groups in total. The number of carbonyl (C=O) groups excluding carboxylic acids is 1. The van der Waals surface area contributed by atoms with Gasteiger partial charge in [0.2, 0.25) is 0 Å². The van der Waals surface area contributed by atoms with Gasteiger partial charge in [-0.2, -0.15) is 0 Å². The Morgan fingerprint density at radius 3 is 2.56 bits per heavy atom. The highest BCUT2D eigenvalue weighted by Crippen LogP contribution is 2.43. The SMILES string of the molecule is F.O=C1C[C@H]2CCCC12. The fourth-order valence-corrected chi connectivity index (χ4v) is 1.95. The molecule has 2 atom stereocenters. The molecule has 1 nitrogen and oxygen atoms in total. The third kappa shape index (κ3) is 0.769. The van der Waals surface area contributed by atoms with Crippen molar-refractivity contribution in [3.05, 3.63) is 0 Å². The minimum atomic E-state index is 0. The van der Waals surface area contributed by atoms with E-state index in [0.29, 0.717) is 11.7 Å². The fourth-order valence-electron chi connectivity index (χ4n) is 1.95. The largest absolute Gasteiger partial charge is 0.299 e. The Balaban J connectivity index is 0.000000405. The molecule has 9 heavy (non-hydrogen) atoms. The van der Waals surface area contributed by atoms with Gasteiger partial charge in [0.1, 0.15) is 5.78 Å². The number of fused-ring (bicyclic) bond motifs is 1. The lowest BCUT2D eigenvalue weighted by atomic mass is 9.75. The molecule has 0 amide bonds. The maximum atomic E-state index is 10.7. The van der Waals surface area contributed by atoms with Gasteiger partial charge in [0.15, 0.2) is 0 Å². The van der Waals surface area contributed by atoms with Crippen LogP contribution in [0.25, 0.3) is 0 Å². The van der Waals surface area contributed by atoms with Crippen LogP contribution in [-0.2, 0) is 4.79 Å². The summed E-state index contributed by atoms with van der Waals surface area (Å²) in [4.78, 5) is 10.7. The number of carbonyl (C=O) groups is 1. The van der Waals surface area contributed by atoms with Gasteiger partial charge < -0.3 is 0 Å². The summed E-state index contributed by atoms with van der Waals surface area (Å²) in [7, 11) is 0. The number of rotatable bonds is 0. The van der Waals surface area contributed by atoms with Crippen LogP contribution in [0.15, 0.2) is 0 Å². The summed E-state index contributed by atoms with van der Waals surface area (Å²) >= 11 is 0. The smallest absolute Gasteiger partial charge is 0.136 e. The zero-order valence-electron chi connectivity index (χ0n) is 5.30. The monoisotopic (exact) mass is 130 g/mol. The summed E-state index contributed by atoms with van der Waals surface area (Å²) in [5, 5.41) is 0. The minimum absolute atomic E-state index is 0. The minimum Gasteiger partial charge on any atom is -0.299 e. The molecule has 2 saturated carbocycles. The van der Waals surface area contributed by atoms with Crippen molar-refractivity contribution in [2.75, 3.05) is 0 Å². The van der Waals surface area contributed by atoms with E-state index >= 15 is 0 Å². The summed E-state index contributed by atoms with van der Waals surface area (Å²) in [5.41, 5.74) is 0. The molecule has 0 spiro atoms. The highest BCUT2D eigenvalue weighted by molar-refractivity contribution is 5.87. The molecular formula is C7H11FO. The number of halogens is 1. The van der Waals surface area contributed by atoms with E-state index in [1.54, 1.807) is 0 Å². The lowest BCUT2D eigenvalue weighted by Gasteiger charge is -2.27. The first kappa shape index (κ1) is 6.72. The zero-order valence-corrected chi connectivity index (χ0v) is 5.30. The molecule has 0 saturated heterocycles. The van der Waals surface area contributed by atoms with E-state index in [2.05, 4.69) is 0 Å². The number of Topliss-reactive ketones (excluding diaryl/α,β-unsaturated/α-hetero) is 1. The predicted octanol–water partition coefficient (Wildman–Crippen LogP) is 1.53. The van der Waals surface area contributed by atoms with E-state index in [1.165, 1.54) is 19.3 Å². The Morgan fingerprint density at radius 2 is 2.11 bits per heavy atom. The number of hydrogen-bond acceptors (Lipinski definition) is 1. The average Bonchev–Trinajstić information content (AvgIpc) is 2.09. The van der Waals surface area contributed by atoms with Gasteiger partial charge in [-0.05, 0) is 18.8 Å². The maximum absolute atomic E-state index is 10.7. The molecule has 0 bridgehead atoms. The molecule has 2 aliphatic rings. The predicted molar refractivity (Wildman–Crippen MR) is 33.0 cm³/mol. The van der Waals surface area contributed by atoms with Gasteiger partial charge in [-0.25, -0.2) is 0 Å². The standard InChI is InChI=1S/C7H10O.FH/c8-7-4-5-2-1-3-6(5)7;/h5-6H,1-4H2;1H/t5-,6?;/m1./s1. The van der Waals surface area contributed by atoms with Crippen LogP contribution in [0, 0.1) is 11.8 Å². The second-order valence-corrected chi connectivity index (χ2v) is 2.97. The first-order chi connectivity index (χ1) is 3.88. The zero-order chi connectivity index (χ0) is 5.56. The maximum Gasteiger partial charge on any atom is 0.136 e. The topological polar surface area (TPSA) is 17.1 Å². The van der Waals surface area contributed by atoms with E-state index in [1.807, 2.05) is 0 Å². The van der Waals surface area contributed by atoms with Crippen LogP contribution in [0.4, 0.5) is 4.70 Å². The fraction of sp³-hybridized carbons (Fsp3) is 0.857. The summed E-state index contributed by atoms with van der Waals surface area (Å²) in [6.07, 6.45) is 4.74. The second-order valence-electron chi connectivity index (χ2n) is 2.97. The quantitative estimate of drug-likeness (QED) is 0.486. The van der Waals surface area contributed by atoms with Gasteiger partial charge in [-0.1, -0.05) is 6.42 Å². The molecule has 0 aromatic carbocycles. The van der Waals surface area contributed by atoms with Gasteiger partial charge in [-0.15, -0.1) is 0 Å². The molecule has 0 aromatic rings. The van der Waals surface area contributed by atoms with Gasteiger partial charge in [0.25, 0.3) is 0 Å². The molecule has 0 aliphatic heterocycles. The molecule has 0 aromatic heterocycles. The van der Waals surface area contributed by atoms with Crippen molar-refractivity contribution in [2.45, 2.75) is 25.7 Å². The summed E-state index contributed by atoms with van der Waals surface area (Å²) in [6, 6.07) is 0. The lowest BCUT2D eigenvalue weighted by Crippen LogP contribution is -2.32. The number of hydrogen-bond donors (Lipinski definition) is 0. The molecule has 0 heterocycles. The highest BCUT2D eigenvalue weighted by atomic mass is 19.0. The van der Waals surface area contributed by atoms with E-state index in [9.17, 15) is 4.79 Å². The summed E-state index contributed by atoms with van der Waals surface area (Å²) < 4.78 is 0. The van der Waals surface area contributed by atoms with Crippen LogP contribution in [0.5, 0.6) is 0 Å². The molecular weight excluding hydrogens is 119 g/mol. The lowest BCUT2D eigenvalue weighted by molar-refractivity contribution is -0.132. The van der Waals surface area contributed by atoms with Crippen LogP contribution < -0.4 is 0 Å². The van der Waals surface area contributed by atoms with Crippen molar-refractivity contribution in [3.63, 3.8) is 0 Å². The second kappa shape index (κ2) is 2.09. The summed E-state index contributed by atoms with van der Waals surface area (Å²) in [6.45, 7) is 0. The van der Waals surface area contributed by atoms with Gasteiger partial charge >= 0.3 is 0 Å². The van der Waals surface area contributed by atoms with E-state index < -0.39 is 0 Å². The Hall–Kier alpha value is -0.400. The summed E-state index contributed by atoms with van der Waals surface area (Å²) in [5.74, 6) is 1.88. The first-order valence-electron chi connectivity index (χ1n) is 3.40. The molecule has 1 unspecified atom stereocenters. The number of ketones is 1. The van der Waals surface area contributed by atoms with E-state index in [0.717, 1.165) is 12.3 Å². The van der Waals surface area contributed by atoms with Crippen LogP contribution in [0.1, 0.15) is 25.7 Å². The highest BCUT2D eigenvalue weighted by Gasteiger charge is 2.42. The first-order valence-corrected chi connectivity index (χ1v) is 3.40. The van der Waals surface area contributed by atoms with Crippen molar-refractivity contribution >= 4 is 5.78 Å². The molecule has 52 valence electrons. The van der Waals surface area contributed by atoms with E-state index in [4.69, 9.17) is 0 Å². The van der Waals surface area contributed by atoms with Crippen molar-refractivity contribution in [1.82, 2.24) is 0 Å². The normalized spacial score (nSPS) is 38.9. The Kier molecular flexibility index (Phi) is 1.56. The van der Waals surface area contributed by atoms with Crippen molar-refractivity contribution < 1.29 is 9.50 Å². The van der Waals surface area contributed by atoms with Crippen molar-refractivity contribution in [3.8, 4) is 0 Å². The average molecular weight is 130 g/mol. The van der Waals surface area contributed by atoms with Crippen molar-refractivity contribution in [2.24, 2.45) is 11.8 Å².